The number of rotatable bonds is 2. The van der Waals surface area contributed by atoms with Crippen LogP contribution in [0.2, 0.25) is 0 Å². The first-order valence-electron chi connectivity index (χ1n) is 4.85. The molecule has 1 aliphatic heterocycles. The predicted octanol–water partition coefficient (Wildman–Crippen LogP) is 0.572. The van der Waals surface area contributed by atoms with E-state index < -0.39 is 18.4 Å². The van der Waals surface area contributed by atoms with Crippen molar-refractivity contribution in [1.82, 2.24) is 4.90 Å². The number of ether oxygens (including phenoxy) is 2. The van der Waals surface area contributed by atoms with Crippen LogP contribution in [0.4, 0.5) is 4.79 Å². The molecule has 1 fully saturated rings. The summed E-state index contributed by atoms with van der Waals surface area (Å²) >= 11 is 0. The third kappa shape index (κ3) is 2.36. The average molecular weight is 203 g/mol. The maximum absolute atomic E-state index is 11.4. The standard InChI is InChI=1S/C9H17NO4/c1-3-14-9(12)10-6-4-5-7(11)8(10)13-2/h7-8,11H,3-6H2,1-2H3/t7-,8+/m1/s1. The van der Waals surface area contributed by atoms with E-state index in [-0.39, 0.29) is 0 Å². The highest BCUT2D eigenvalue weighted by atomic mass is 16.6. The van der Waals surface area contributed by atoms with Crippen molar-refractivity contribution in [3.63, 3.8) is 0 Å². The molecule has 0 spiro atoms. The minimum absolute atomic E-state index is 0.335. The van der Waals surface area contributed by atoms with Crippen LogP contribution in [0.1, 0.15) is 19.8 Å². The van der Waals surface area contributed by atoms with Crippen molar-refractivity contribution in [3.05, 3.63) is 0 Å². The lowest BCUT2D eigenvalue weighted by atomic mass is 10.1. The van der Waals surface area contributed by atoms with Crippen LogP contribution in [0.25, 0.3) is 0 Å². The minimum Gasteiger partial charge on any atom is -0.450 e. The number of methoxy groups -OCH3 is 1. The number of hydrogen-bond donors (Lipinski definition) is 1. The van der Waals surface area contributed by atoms with Gasteiger partial charge in [0.2, 0.25) is 0 Å². The number of carbonyl (C=O) groups is 1. The Bertz CT molecular complexity index is 197. The molecule has 1 saturated heterocycles. The maximum Gasteiger partial charge on any atom is 0.411 e. The molecule has 0 radical (unpaired) electrons. The molecule has 0 aromatic heterocycles. The second-order valence-corrected chi connectivity index (χ2v) is 3.23. The van der Waals surface area contributed by atoms with Crippen LogP contribution in [0.5, 0.6) is 0 Å². The number of aliphatic hydroxyl groups excluding tert-OH is 1. The van der Waals surface area contributed by atoms with E-state index in [0.29, 0.717) is 19.6 Å². The van der Waals surface area contributed by atoms with Gasteiger partial charge in [0.15, 0.2) is 6.23 Å². The molecular weight excluding hydrogens is 186 g/mol. The Kier molecular flexibility index (Phi) is 4.16. The topological polar surface area (TPSA) is 59.0 Å². The van der Waals surface area contributed by atoms with Gasteiger partial charge in [0.05, 0.1) is 12.7 Å². The largest absolute Gasteiger partial charge is 0.450 e. The fourth-order valence-corrected chi connectivity index (χ4v) is 1.63. The van der Waals surface area contributed by atoms with E-state index in [1.54, 1.807) is 6.92 Å². The zero-order valence-corrected chi connectivity index (χ0v) is 8.60. The number of carbonyl (C=O) groups excluding carboxylic acids is 1. The highest BCUT2D eigenvalue weighted by molar-refractivity contribution is 5.68. The molecule has 0 aromatic carbocycles. The normalized spacial score (nSPS) is 27.5. The van der Waals surface area contributed by atoms with Crippen LogP contribution in [-0.4, -0.2) is 48.7 Å². The SMILES string of the molecule is CCOC(=O)N1CCC[C@@H](O)[C@@H]1OC. The third-order valence-corrected chi connectivity index (χ3v) is 2.28. The van der Waals surface area contributed by atoms with Crippen LogP contribution in [-0.2, 0) is 9.47 Å². The first-order chi connectivity index (χ1) is 6.70. The van der Waals surface area contributed by atoms with Gasteiger partial charge in [0.25, 0.3) is 0 Å². The van der Waals surface area contributed by atoms with Gasteiger partial charge in [-0.25, -0.2) is 4.79 Å². The summed E-state index contributed by atoms with van der Waals surface area (Å²) in [6.07, 6.45) is -0.159. The molecule has 1 rings (SSSR count). The van der Waals surface area contributed by atoms with Gasteiger partial charge >= 0.3 is 6.09 Å². The van der Waals surface area contributed by atoms with Crippen molar-refractivity contribution < 1.29 is 19.4 Å². The van der Waals surface area contributed by atoms with Crippen LogP contribution >= 0.6 is 0 Å². The summed E-state index contributed by atoms with van der Waals surface area (Å²) in [5, 5.41) is 9.58. The van der Waals surface area contributed by atoms with E-state index in [0.717, 1.165) is 6.42 Å². The average Bonchev–Trinajstić information content (AvgIpc) is 2.17. The summed E-state index contributed by atoms with van der Waals surface area (Å²) in [4.78, 5) is 12.9. The van der Waals surface area contributed by atoms with E-state index in [2.05, 4.69) is 0 Å². The van der Waals surface area contributed by atoms with Gasteiger partial charge < -0.3 is 14.6 Å². The van der Waals surface area contributed by atoms with E-state index >= 15 is 0 Å². The lowest BCUT2D eigenvalue weighted by Gasteiger charge is -2.36. The number of hydrogen-bond acceptors (Lipinski definition) is 4. The molecule has 5 nitrogen and oxygen atoms in total. The first kappa shape index (κ1) is 11.3. The van der Waals surface area contributed by atoms with Crippen molar-refractivity contribution in [2.75, 3.05) is 20.3 Å². The summed E-state index contributed by atoms with van der Waals surface area (Å²) in [6.45, 7) is 2.66. The molecule has 5 heteroatoms. The Hall–Kier alpha value is -0.810. The van der Waals surface area contributed by atoms with Gasteiger partial charge in [-0.05, 0) is 19.8 Å². The molecular formula is C9H17NO4. The number of amides is 1. The van der Waals surface area contributed by atoms with Crippen molar-refractivity contribution in [2.24, 2.45) is 0 Å². The van der Waals surface area contributed by atoms with E-state index in [4.69, 9.17) is 9.47 Å². The molecule has 1 aliphatic rings. The number of likely N-dealkylation sites (tertiary alicyclic amines) is 1. The van der Waals surface area contributed by atoms with Crippen molar-refractivity contribution >= 4 is 6.09 Å². The monoisotopic (exact) mass is 203 g/mol. The van der Waals surface area contributed by atoms with Gasteiger partial charge in [-0.1, -0.05) is 0 Å². The van der Waals surface area contributed by atoms with Crippen molar-refractivity contribution in [3.8, 4) is 0 Å². The van der Waals surface area contributed by atoms with Gasteiger partial charge in [0, 0.05) is 13.7 Å². The van der Waals surface area contributed by atoms with Crippen LogP contribution in [0.3, 0.4) is 0 Å². The van der Waals surface area contributed by atoms with E-state index in [9.17, 15) is 9.90 Å². The Morgan fingerprint density at radius 1 is 1.64 bits per heavy atom. The summed E-state index contributed by atoms with van der Waals surface area (Å²) < 4.78 is 9.92. The first-order valence-corrected chi connectivity index (χ1v) is 4.85. The predicted molar refractivity (Wildman–Crippen MR) is 49.8 cm³/mol. The van der Waals surface area contributed by atoms with Crippen molar-refractivity contribution in [1.29, 1.82) is 0 Å². The second-order valence-electron chi connectivity index (χ2n) is 3.23. The van der Waals surface area contributed by atoms with Crippen LogP contribution < -0.4 is 0 Å². The van der Waals surface area contributed by atoms with Gasteiger partial charge in [-0.3, -0.25) is 4.90 Å². The zero-order valence-electron chi connectivity index (χ0n) is 8.60. The highest BCUT2D eigenvalue weighted by Gasteiger charge is 2.33. The highest BCUT2D eigenvalue weighted by Crippen LogP contribution is 2.18. The molecule has 82 valence electrons. The summed E-state index contributed by atoms with van der Waals surface area (Å²) in [5.74, 6) is 0. The number of piperidine rings is 1. The summed E-state index contributed by atoms with van der Waals surface area (Å²) in [7, 11) is 1.48. The summed E-state index contributed by atoms with van der Waals surface area (Å²) in [5.41, 5.74) is 0. The Morgan fingerprint density at radius 3 is 2.93 bits per heavy atom. The second kappa shape index (κ2) is 5.17. The van der Waals surface area contributed by atoms with Gasteiger partial charge in [-0.2, -0.15) is 0 Å². The smallest absolute Gasteiger partial charge is 0.411 e. The molecule has 0 saturated carbocycles. The molecule has 14 heavy (non-hydrogen) atoms. The lowest BCUT2D eigenvalue weighted by Crippen LogP contribution is -2.52. The van der Waals surface area contributed by atoms with Crippen molar-refractivity contribution in [2.45, 2.75) is 32.1 Å². The molecule has 0 bridgehead atoms. The zero-order chi connectivity index (χ0) is 10.6. The number of nitrogens with zero attached hydrogens (tertiary/aromatic N) is 1. The minimum atomic E-state index is -0.613. The molecule has 1 amide bonds. The summed E-state index contributed by atoms with van der Waals surface area (Å²) in [6, 6.07) is 0. The Morgan fingerprint density at radius 2 is 2.36 bits per heavy atom. The van der Waals surface area contributed by atoms with Crippen LogP contribution in [0, 0.1) is 0 Å². The Balaban J connectivity index is 2.59. The van der Waals surface area contributed by atoms with E-state index in [1.807, 2.05) is 0 Å². The molecule has 2 atom stereocenters. The number of aliphatic hydroxyl groups is 1. The molecule has 0 aliphatic carbocycles. The molecule has 0 unspecified atom stereocenters. The maximum atomic E-state index is 11.4. The molecule has 1 N–H and O–H groups in total. The quantitative estimate of drug-likeness (QED) is 0.713. The third-order valence-electron chi connectivity index (χ3n) is 2.28. The lowest BCUT2D eigenvalue weighted by molar-refractivity contribution is -0.117. The van der Waals surface area contributed by atoms with Gasteiger partial charge in [0.1, 0.15) is 0 Å². The fraction of sp³-hybridized carbons (Fsp3) is 0.889. The van der Waals surface area contributed by atoms with Gasteiger partial charge in [-0.15, -0.1) is 0 Å². The fourth-order valence-electron chi connectivity index (χ4n) is 1.63. The Labute approximate surface area is 83.6 Å². The molecule has 0 aromatic rings. The van der Waals surface area contributed by atoms with E-state index in [1.165, 1.54) is 12.0 Å². The molecule has 1 heterocycles. The van der Waals surface area contributed by atoms with Crippen LogP contribution in [0.15, 0.2) is 0 Å².